The molecule has 2 aromatic rings. The number of carboxylic acid groups (broad SMARTS) is 1. The van der Waals surface area contributed by atoms with Gasteiger partial charge in [-0.2, -0.15) is 0 Å². The molecule has 0 fully saturated rings. The maximum Gasteiger partial charge on any atom is 0.313 e. The summed E-state index contributed by atoms with van der Waals surface area (Å²) in [5.74, 6) is -3.37. The second kappa shape index (κ2) is 8.41. The molecule has 0 atom stereocenters. The molecule has 5 nitrogen and oxygen atoms in total. The zero-order valence-corrected chi connectivity index (χ0v) is 14.5. The summed E-state index contributed by atoms with van der Waals surface area (Å²) in [6.07, 6.45) is 0.0871. The molecule has 9 heteroatoms. The summed E-state index contributed by atoms with van der Waals surface area (Å²) >= 11 is 0.555. The van der Waals surface area contributed by atoms with E-state index in [2.05, 4.69) is 4.72 Å². The molecule has 0 aliphatic carbocycles. The van der Waals surface area contributed by atoms with Crippen molar-refractivity contribution < 1.29 is 27.1 Å². The first-order valence-corrected chi connectivity index (χ1v) is 9.63. The summed E-state index contributed by atoms with van der Waals surface area (Å²) in [6.45, 7) is -0.0300. The highest BCUT2D eigenvalue weighted by molar-refractivity contribution is 8.00. The van der Waals surface area contributed by atoms with Crippen LogP contribution in [0.25, 0.3) is 0 Å². The lowest BCUT2D eigenvalue weighted by molar-refractivity contribution is -0.133. The van der Waals surface area contributed by atoms with Crippen LogP contribution in [0.5, 0.6) is 0 Å². The van der Waals surface area contributed by atoms with Gasteiger partial charge in [0, 0.05) is 6.54 Å². The highest BCUT2D eigenvalue weighted by atomic mass is 32.2. The Hall–Kier alpha value is -1.97. The molecule has 0 unspecified atom stereocenters. The third-order valence-electron chi connectivity index (χ3n) is 3.16. The Kier molecular flexibility index (Phi) is 6.51. The number of sulfonamides is 1. The second-order valence-corrected chi connectivity index (χ2v) is 7.78. The maximum atomic E-state index is 13.9. The average Bonchev–Trinajstić information content (AvgIpc) is 2.54. The molecule has 0 saturated heterocycles. The van der Waals surface area contributed by atoms with Crippen LogP contribution in [0.15, 0.2) is 52.3 Å². The van der Waals surface area contributed by atoms with Gasteiger partial charge in [-0.05, 0) is 36.2 Å². The topological polar surface area (TPSA) is 83.5 Å². The van der Waals surface area contributed by atoms with Crippen LogP contribution in [0, 0.1) is 11.6 Å². The zero-order chi connectivity index (χ0) is 18.4. The number of aliphatic carboxylic acids is 1. The Morgan fingerprint density at radius 2 is 1.72 bits per heavy atom. The third kappa shape index (κ3) is 5.52. The van der Waals surface area contributed by atoms with Gasteiger partial charge in [-0.3, -0.25) is 4.79 Å². The van der Waals surface area contributed by atoms with Gasteiger partial charge >= 0.3 is 5.97 Å². The number of carbonyl (C=O) groups is 1. The fourth-order valence-electron chi connectivity index (χ4n) is 2.04. The van der Waals surface area contributed by atoms with E-state index < -0.39 is 33.4 Å². The van der Waals surface area contributed by atoms with E-state index in [4.69, 9.17) is 5.11 Å². The SMILES string of the molecule is O=C(O)CSc1c(F)cc(CCNS(=O)(=O)c2ccccc2)cc1F. The minimum Gasteiger partial charge on any atom is -0.481 e. The molecule has 0 aromatic heterocycles. The van der Waals surface area contributed by atoms with Crippen molar-refractivity contribution in [3.63, 3.8) is 0 Å². The second-order valence-electron chi connectivity index (χ2n) is 5.03. The quantitative estimate of drug-likeness (QED) is 0.681. The van der Waals surface area contributed by atoms with Gasteiger partial charge in [0.1, 0.15) is 11.6 Å². The summed E-state index contributed by atoms with van der Waals surface area (Å²) in [7, 11) is -3.68. The standard InChI is InChI=1S/C16H15F2NO4S2/c17-13-8-11(9-14(18)16(13)24-10-15(20)21)6-7-19-25(22,23)12-4-2-1-3-5-12/h1-5,8-9,19H,6-7,10H2,(H,20,21). The lowest BCUT2D eigenvalue weighted by Gasteiger charge is -2.09. The van der Waals surface area contributed by atoms with Crippen molar-refractivity contribution in [2.24, 2.45) is 0 Å². The molecule has 0 spiro atoms. The summed E-state index contributed by atoms with van der Waals surface area (Å²) in [5, 5.41) is 8.57. The number of nitrogens with one attached hydrogen (secondary N) is 1. The molecule has 0 aliphatic rings. The Morgan fingerprint density at radius 3 is 2.28 bits per heavy atom. The highest BCUT2D eigenvalue weighted by Gasteiger charge is 2.15. The lowest BCUT2D eigenvalue weighted by Crippen LogP contribution is -2.26. The molecule has 2 aromatic carbocycles. The third-order valence-corrected chi connectivity index (χ3v) is 5.70. The van der Waals surface area contributed by atoms with E-state index >= 15 is 0 Å². The van der Waals surface area contributed by atoms with E-state index in [9.17, 15) is 22.0 Å². The fraction of sp³-hybridized carbons (Fsp3) is 0.188. The molecule has 134 valence electrons. The molecular weight excluding hydrogens is 372 g/mol. The van der Waals surface area contributed by atoms with Crippen molar-refractivity contribution in [2.45, 2.75) is 16.2 Å². The normalized spacial score (nSPS) is 11.4. The van der Waals surface area contributed by atoms with Crippen molar-refractivity contribution in [3.8, 4) is 0 Å². The van der Waals surface area contributed by atoms with E-state index in [1.54, 1.807) is 18.2 Å². The van der Waals surface area contributed by atoms with Gasteiger partial charge in [-0.1, -0.05) is 18.2 Å². The van der Waals surface area contributed by atoms with Crippen LogP contribution in [0.2, 0.25) is 0 Å². The van der Waals surface area contributed by atoms with E-state index in [1.807, 2.05) is 0 Å². The smallest absolute Gasteiger partial charge is 0.313 e. The molecule has 2 rings (SSSR count). The summed E-state index contributed by atoms with van der Waals surface area (Å²) in [6, 6.07) is 9.90. The minimum absolute atomic E-state index is 0.0300. The summed E-state index contributed by atoms with van der Waals surface area (Å²) in [5.41, 5.74) is 0.269. The number of rotatable bonds is 8. The van der Waals surface area contributed by atoms with Crippen molar-refractivity contribution in [1.82, 2.24) is 4.72 Å². The van der Waals surface area contributed by atoms with Gasteiger partial charge in [0.15, 0.2) is 0 Å². The van der Waals surface area contributed by atoms with Crippen molar-refractivity contribution >= 4 is 27.8 Å². The van der Waals surface area contributed by atoms with Crippen LogP contribution in [-0.4, -0.2) is 31.8 Å². The first-order valence-electron chi connectivity index (χ1n) is 7.17. The van der Waals surface area contributed by atoms with Gasteiger partial charge in [0.25, 0.3) is 0 Å². The van der Waals surface area contributed by atoms with Crippen LogP contribution in [0.1, 0.15) is 5.56 Å². The number of hydrogen-bond acceptors (Lipinski definition) is 4. The summed E-state index contributed by atoms with van der Waals surface area (Å²) < 4.78 is 54.2. The number of hydrogen-bond donors (Lipinski definition) is 2. The molecule has 0 saturated carbocycles. The number of halogens is 2. The molecule has 0 amide bonds. The molecule has 0 aliphatic heterocycles. The fourth-order valence-corrected chi connectivity index (χ4v) is 3.76. The van der Waals surface area contributed by atoms with Crippen molar-refractivity contribution in [3.05, 3.63) is 59.7 Å². The van der Waals surface area contributed by atoms with Crippen LogP contribution in [0.4, 0.5) is 8.78 Å². The van der Waals surface area contributed by atoms with Gasteiger partial charge in [0.05, 0.1) is 15.5 Å². The average molecular weight is 387 g/mol. The zero-order valence-electron chi connectivity index (χ0n) is 12.9. The molecule has 25 heavy (non-hydrogen) atoms. The Labute approximate surface area is 148 Å². The van der Waals surface area contributed by atoms with E-state index in [1.165, 1.54) is 12.1 Å². The molecule has 2 N–H and O–H groups in total. The first kappa shape index (κ1) is 19.4. The summed E-state index contributed by atoms with van der Waals surface area (Å²) in [4.78, 5) is 10.2. The molecule has 0 heterocycles. The first-order chi connectivity index (χ1) is 11.8. The predicted molar refractivity (Wildman–Crippen MR) is 90.1 cm³/mol. The van der Waals surface area contributed by atoms with E-state index in [-0.39, 0.29) is 28.3 Å². The van der Waals surface area contributed by atoms with E-state index in [0.29, 0.717) is 11.8 Å². The van der Waals surface area contributed by atoms with Crippen LogP contribution in [0.3, 0.4) is 0 Å². The van der Waals surface area contributed by atoms with Gasteiger partial charge < -0.3 is 5.11 Å². The monoisotopic (exact) mass is 387 g/mol. The van der Waals surface area contributed by atoms with Gasteiger partial charge in [-0.25, -0.2) is 21.9 Å². The molecule has 0 bridgehead atoms. The Bertz CT molecular complexity index is 835. The van der Waals surface area contributed by atoms with Crippen molar-refractivity contribution in [1.29, 1.82) is 0 Å². The minimum atomic E-state index is -3.68. The Morgan fingerprint density at radius 1 is 1.12 bits per heavy atom. The number of carboxylic acids is 1. The van der Waals surface area contributed by atoms with Gasteiger partial charge in [-0.15, -0.1) is 11.8 Å². The number of benzene rings is 2. The molecule has 0 radical (unpaired) electrons. The molecular formula is C16H15F2NO4S2. The van der Waals surface area contributed by atoms with Crippen LogP contribution < -0.4 is 4.72 Å². The number of thioether (sulfide) groups is 1. The van der Waals surface area contributed by atoms with Crippen LogP contribution in [-0.2, 0) is 21.2 Å². The Balaban J connectivity index is 2.01. The largest absolute Gasteiger partial charge is 0.481 e. The maximum absolute atomic E-state index is 13.9. The van der Waals surface area contributed by atoms with Crippen molar-refractivity contribution in [2.75, 3.05) is 12.3 Å². The van der Waals surface area contributed by atoms with Crippen LogP contribution >= 0.6 is 11.8 Å². The predicted octanol–water partition coefficient (Wildman–Crippen LogP) is 2.66. The lowest BCUT2D eigenvalue weighted by atomic mass is 10.1. The van der Waals surface area contributed by atoms with Gasteiger partial charge in [0.2, 0.25) is 10.0 Å². The van der Waals surface area contributed by atoms with E-state index in [0.717, 1.165) is 12.1 Å². The highest BCUT2D eigenvalue weighted by Crippen LogP contribution is 2.26.